The first-order valence-electron chi connectivity index (χ1n) is 15.2. The van der Waals surface area contributed by atoms with Gasteiger partial charge < -0.3 is 21.4 Å². The number of hydrogen-bond acceptors (Lipinski definition) is 9. The van der Waals surface area contributed by atoms with Crippen LogP contribution < -0.4 is 5.73 Å². The van der Waals surface area contributed by atoms with Crippen LogP contribution in [0.5, 0.6) is 0 Å². The molecule has 0 spiro atoms. The van der Waals surface area contributed by atoms with Gasteiger partial charge in [0.1, 0.15) is 0 Å². The quantitative estimate of drug-likeness (QED) is 0.173. The number of β-amino-alcohol motifs (C(OH)–C–C–N with tert-alkyl or cyclic N) is 1. The summed E-state index contributed by atoms with van der Waals surface area (Å²) in [6.07, 6.45) is 0. The molecule has 0 bridgehead atoms. The molecule has 12 nitrogen and oxygen atoms in total. The van der Waals surface area contributed by atoms with Crippen LogP contribution >= 0.6 is 11.6 Å². The number of hydrogen-bond donors (Lipinski definition) is 4. The highest BCUT2D eigenvalue weighted by Crippen LogP contribution is 2.26. The van der Waals surface area contributed by atoms with E-state index in [0.29, 0.717) is 40.1 Å². The summed E-state index contributed by atoms with van der Waals surface area (Å²) in [4.78, 5) is 50.2. The number of nitrogens with two attached hydrogens (primary N) is 1. The van der Waals surface area contributed by atoms with Gasteiger partial charge in [-0.25, -0.2) is 10.6 Å². The number of nitrogens with zero attached hydrogens (tertiary/aromatic N) is 3. The van der Waals surface area contributed by atoms with Crippen molar-refractivity contribution in [2.45, 2.75) is 87.9 Å². The number of benzene rings is 2. The van der Waals surface area contributed by atoms with Crippen LogP contribution in [0.4, 0.5) is 0 Å². The first-order valence-corrected chi connectivity index (χ1v) is 15.7. The maximum Gasteiger partial charge on any atom is 0.261 e. The number of amides is 4. The second kappa shape index (κ2) is 20.8. The molecule has 13 heteroatoms. The van der Waals surface area contributed by atoms with E-state index in [2.05, 4.69) is 25.9 Å². The van der Waals surface area contributed by atoms with Crippen LogP contribution in [0.25, 0.3) is 0 Å². The topological polar surface area (TPSA) is 209 Å². The number of aliphatic hydroxyl groups is 2. The van der Waals surface area contributed by atoms with Crippen LogP contribution in [0.2, 0.25) is 0 Å². The van der Waals surface area contributed by atoms with Gasteiger partial charge >= 0.3 is 0 Å². The second-order valence-electron chi connectivity index (χ2n) is 14.8. The van der Waals surface area contributed by atoms with Crippen molar-refractivity contribution in [3.63, 3.8) is 0 Å². The van der Waals surface area contributed by atoms with E-state index in [1.807, 2.05) is 20.8 Å². The monoisotopic (exact) mass is 709 g/mol. The van der Waals surface area contributed by atoms with E-state index in [-0.39, 0.29) is 48.5 Å². The number of nitrogens with one attached hydrogen (secondary N) is 1. The fourth-order valence-corrected chi connectivity index (χ4v) is 3.63. The lowest BCUT2D eigenvalue weighted by Gasteiger charge is -2.24. The van der Waals surface area contributed by atoms with E-state index < -0.39 is 11.2 Å². The number of carbonyl (C=O) groups excluding carboxylic acids is 4. The molecule has 0 radical (unpaired) electrons. The van der Waals surface area contributed by atoms with Crippen LogP contribution in [-0.4, -0.2) is 92.9 Å². The third kappa shape index (κ3) is 18.1. The number of halogens is 1. The molecule has 2 aliphatic heterocycles. The molecular weight excluding hydrogens is 650 g/mol. The van der Waals surface area contributed by atoms with Gasteiger partial charge in [0.05, 0.1) is 45.9 Å². The summed E-state index contributed by atoms with van der Waals surface area (Å²) in [5.41, 5.74) is 11.5. The second-order valence-corrected chi connectivity index (χ2v) is 15.1. The molecule has 2 aromatic carbocycles. The molecule has 2 aliphatic rings. The Hall–Kier alpha value is -3.55. The zero-order valence-corrected chi connectivity index (χ0v) is 31.0. The first kappa shape index (κ1) is 49.8. The minimum atomic E-state index is -1.08. The third-order valence-corrected chi connectivity index (χ3v) is 6.53. The highest BCUT2D eigenvalue weighted by molar-refractivity contribution is 6.22. The predicted octanol–water partition coefficient (Wildman–Crippen LogP) is 5.83. The van der Waals surface area contributed by atoms with Gasteiger partial charge in [0.25, 0.3) is 23.6 Å². The Balaban J connectivity index is -0.000000601. The fraction of sp³-hybridized carbons (Fsp3) is 0.556. The van der Waals surface area contributed by atoms with Crippen LogP contribution in [0.3, 0.4) is 0 Å². The number of carbonyl (C=O) groups is 4. The van der Waals surface area contributed by atoms with E-state index >= 15 is 0 Å². The molecule has 0 saturated carbocycles. The molecule has 7 N–H and O–H groups in total. The number of imide groups is 2. The van der Waals surface area contributed by atoms with Crippen LogP contribution in [-0.2, 0) is 0 Å². The van der Waals surface area contributed by atoms with Crippen molar-refractivity contribution in [3.05, 3.63) is 70.8 Å². The smallest absolute Gasteiger partial charge is 0.261 e. The van der Waals surface area contributed by atoms with Crippen molar-refractivity contribution in [1.29, 1.82) is 5.53 Å². The van der Waals surface area contributed by atoms with Crippen molar-refractivity contribution in [3.8, 4) is 0 Å². The third-order valence-electron chi connectivity index (χ3n) is 5.87. The number of fused-ring (bicyclic) bond motifs is 2. The van der Waals surface area contributed by atoms with Crippen molar-refractivity contribution < 1.29 is 34.9 Å². The number of alkyl halides is 1. The molecule has 0 saturated heterocycles. The summed E-state index contributed by atoms with van der Waals surface area (Å²) in [7, 11) is 1.42. The molecule has 2 heterocycles. The standard InChI is InChI=1S/C13H15NO2.C12H13NO3.C5H13N.C4H9ClO.CH4N2.CH4.H2O/c1-13(2,3)8-14-11(15)9-6-4-5-7-10(9)12(14)16;1-12(2,16)7-13-10(14)8-5-3-4-6-9(8)11(13)15;1-5(2,3)4-6;1-4(2,6)3-5;1-3-2;;/h4-7H,8H2,1-3H3;3-6,16H,7H2,1-2H3;4,6H2,1-3H3;6H,3H2,1-2H3;2H,1H3;1H4;1H2. The minimum absolute atomic E-state index is 0. The summed E-state index contributed by atoms with van der Waals surface area (Å²) in [5, 5.41) is 21.1. The minimum Gasteiger partial charge on any atom is -0.412 e. The lowest BCUT2D eigenvalue weighted by molar-refractivity contribution is 0.0297. The Morgan fingerprint density at radius 2 is 0.878 bits per heavy atom. The molecule has 4 rings (SSSR count). The van der Waals surface area contributed by atoms with Crippen molar-refractivity contribution >= 4 is 35.2 Å². The molecule has 0 aliphatic carbocycles. The van der Waals surface area contributed by atoms with E-state index in [1.54, 1.807) is 76.2 Å². The van der Waals surface area contributed by atoms with Crippen molar-refractivity contribution in [2.75, 3.05) is 32.6 Å². The van der Waals surface area contributed by atoms with Gasteiger partial charge in [-0.1, -0.05) is 73.2 Å². The lowest BCUT2D eigenvalue weighted by atomic mass is 9.96. The van der Waals surface area contributed by atoms with Gasteiger partial charge in [0.2, 0.25) is 0 Å². The lowest BCUT2D eigenvalue weighted by Crippen LogP contribution is -2.41. The van der Waals surface area contributed by atoms with Gasteiger partial charge in [-0.05, 0) is 69.3 Å². The van der Waals surface area contributed by atoms with E-state index in [1.165, 1.54) is 11.9 Å². The van der Waals surface area contributed by atoms with Gasteiger partial charge in [0, 0.05) is 13.6 Å². The molecule has 0 atom stereocenters. The molecule has 4 amide bonds. The SMILES string of the molecule is C.CC(C)(C)CN.CC(C)(C)CN1C(=O)c2ccccc2C1=O.CC(C)(O)CCl.CC(C)(O)CN1C(=O)c2ccccc2C1=O.CN=N.O. The van der Waals surface area contributed by atoms with E-state index in [0.717, 1.165) is 11.4 Å². The Morgan fingerprint density at radius 3 is 1.04 bits per heavy atom. The van der Waals surface area contributed by atoms with Gasteiger partial charge in [-0.2, -0.15) is 0 Å². The average molecular weight is 710 g/mol. The fourth-order valence-electron chi connectivity index (χ4n) is 3.63. The Labute approximate surface area is 297 Å². The van der Waals surface area contributed by atoms with Crippen LogP contribution in [0.1, 0.15) is 118 Å². The maximum absolute atomic E-state index is 12.0. The van der Waals surface area contributed by atoms with E-state index in [9.17, 15) is 24.3 Å². The molecule has 0 unspecified atom stereocenters. The average Bonchev–Trinajstić information content (AvgIpc) is 3.33. The van der Waals surface area contributed by atoms with Gasteiger partial charge in [0.15, 0.2) is 0 Å². The number of rotatable bonds is 4. The summed E-state index contributed by atoms with van der Waals surface area (Å²) in [5.74, 6) is -0.705. The Morgan fingerprint density at radius 1 is 0.653 bits per heavy atom. The highest BCUT2D eigenvalue weighted by Gasteiger charge is 2.38. The van der Waals surface area contributed by atoms with Crippen LogP contribution in [0, 0.1) is 16.4 Å². The molecule has 0 fully saturated rings. The maximum atomic E-state index is 12.0. The molecule has 2 aromatic rings. The molecule has 0 aromatic heterocycles. The summed E-state index contributed by atoms with van der Waals surface area (Å²) < 4.78 is 0. The summed E-state index contributed by atoms with van der Waals surface area (Å²) >= 11 is 5.23. The Bertz CT molecular complexity index is 1200. The van der Waals surface area contributed by atoms with Gasteiger partial charge in [-0.3, -0.25) is 29.0 Å². The molecular formula is C36H60ClN5O7. The van der Waals surface area contributed by atoms with Crippen molar-refractivity contribution in [1.82, 2.24) is 9.80 Å². The molecule has 49 heavy (non-hydrogen) atoms. The van der Waals surface area contributed by atoms with Gasteiger partial charge in [-0.15, -0.1) is 11.6 Å². The van der Waals surface area contributed by atoms with Crippen LogP contribution in [0.15, 0.2) is 53.6 Å². The summed E-state index contributed by atoms with van der Waals surface area (Å²) in [6.45, 7) is 20.1. The van der Waals surface area contributed by atoms with Crippen molar-refractivity contribution in [2.24, 2.45) is 21.7 Å². The van der Waals surface area contributed by atoms with E-state index in [4.69, 9.17) is 28.0 Å². The normalized spacial score (nSPS) is 13.4. The zero-order chi connectivity index (χ0) is 37.0. The largest absolute Gasteiger partial charge is 0.412 e. The first-order chi connectivity index (χ1) is 21.3. The molecule has 278 valence electrons. The summed E-state index contributed by atoms with van der Waals surface area (Å²) in [6, 6.07) is 13.7. The zero-order valence-electron chi connectivity index (χ0n) is 30.3. The highest BCUT2D eigenvalue weighted by atomic mass is 35.5. The Kier molecular flexibility index (Phi) is 21.2. The predicted molar refractivity (Wildman–Crippen MR) is 196 cm³/mol.